The average Bonchev–Trinajstić information content (AvgIpc) is 3.15. The van der Waals surface area contributed by atoms with Crippen molar-refractivity contribution < 1.29 is 22.3 Å². The second-order valence-electron chi connectivity index (χ2n) is 12.2. The highest BCUT2D eigenvalue weighted by molar-refractivity contribution is 8.21. The van der Waals surface area contributed by atoms with Crippen molar-refractivity contribution in [2.45, 2.75) is 54.9 Å². The molecule has 1 aliphatic rings. The van der Waals surface area contributed by atoms with Crippen LogP contribution in [0.4, 0.5) is 16.0 Å². The van der Waals surface area contributed by atoms with Crippen LogP contribution in [0.3, 0.4) is 0 Å². The molecule has 4 rings (SSSR count). The van der Waals surface area contributed by atoms with Gasteiger partial charge in [0.05, 0.1) is 11.3 Å². The molecular formula is C28H35FN6O4S8. The molecule has 1 fully saturated rings. The molecule has 0 aliphatic carbocycles. The number of carbonyl (C=O) groups excluding carboxylic acids is 1. The number of anilines is 2. The van der Waals surface area contributed by atoms with E-state index in [1.54, 1.807) is 0 Å². The number of hydrogen-bond acceptors (Lipinski definition) is 16. The molecule has 1 saturated heterocycles. The number of pyridine rings is 2. The number of nitrogens with one attached hydrogen (secondary N) is 1. The average molecular weight is 795 g/mol. The fourth-order valence-electron chi connectivity index (χ4n) is 5.28. The minimum absolute atomic E-state index is 0.0334. The van der Waals surface area contributed by atoms with Gasteiger partial charge in [0, 0.05) is 29.3 Å². The van der Waals surface area contributed by atoms with Crippen molar-refractivity contribution in [1.29, 1.82) is 0 Å². The fraction of sp³-hybridized carbons (Fsp3) is 0.393. The first-order chi connectivity index (χ1) is 21.4. The second-order valence-corrected chi connectivity index (χ2v) is 20.8. The molecule has 256 valence electrons. The van der Waals surface area contributed by atoms with Gasteiger partial charge in [-0.3, -0.25) is 4.79 Å². The SMILES string of the molecule is CC1(C)C[C@@](C)(N)CN1c1nc(-c2cc(F)cc(OCC(S)(C(S)(S)S)C(S)(S)S)c2)ccc1C(=O)NS(=O)(=O)c1cccc(N)n1. The van der Waals surface area contributed by atoms with Gasteiger partial charge in [0.1, 0.15) is 41.4 Å². The van der Waals surface area contributed by atoms with Gasteiger partial charge in [0.2, 0.25) is 0 Å². The Hall–Kier alpha value is -1.32. The summed E-state index contributed by atoms with van der Waals surface area (Å²) in [5.41, 5.74) is 11.4. The molecule has 1 aliphatic heterocycles. The first-order valence-electron chi connectivity index (χ1n) is 13.7. The highest BCUT2D eigenvalue weighted by atomic mass is 32.2. The zero-order chi connectivity index (χ0) is 35.4. The van der Waals surface area contributed by atoms with Gasteiger partial charge in [-0.05, 0) is 63.6 Å². The summed E-state index contributed by atoms with van der Waals surface area (Å²) in [5.74, 6) is -1.40. The molecule has 5 N–H and O–H groups in total. The Morgan fingerprint density at radius 1 is 1.02 bits per heavy atom. The predicted octanol–water partition coefficient (Wildman–Crippen LogP) is 4.62. The summed E-state index contributed by atoms with van der Waals surface area (Å²) in [6.45, 7) is 5.79. The third-order valence-corrected chi connectivity index (χ3v) is 12.8. The van der Waals surface area contributed by atoms with Gasteiger partial charge in [-0.25, -0.2) is 19.1 Å². The van der Waals surface area contributed by atoms with Crippen LogP contribution in [0.15, 0.2) is 53.6 Å². The van der Waals surface area contributed by atoms with Crippen LogP contribution in [0.5, 0.6) is 5.75 Å². The van der Waals surface area contributed by atoms with Crippen LogP contribution in [0, 0.1) is 5.82 Å². The maximum absolute atomic E-state index is 15.0. The number of amides is 1. The van der Waals surface area contributed by atoms with E-state index in [1.165, 1.54) is 42.5 Å². The van der Waals surface area contributed by atoms with Crippen LogP contribution < -0.4 is 25.8 Å². The third-order valence-electron chi connectivity index (χ3n) is 7.43. The molecule has 10 nitrogen and oxygen atoms in total. The molecule has 0 spiro atoms. The maximum atomic E-state index is 15.0. The van der Waals surface area contributed by atoms with E-state index < -0.39 is 49.4 Å². The number of halogens is 1. The van der Waals surface area contributed by atoms with E-state index >= 15 is 4.39 Å². The first kappa shape index (κ1) is 38.5. The summed E-state index contributed by atoms with van der Waals surface area (Å²) in [6, 6.07) is 10.9. The van der Waals surface area contributed by atoms with E-state index in [-0.39, 0.29) is 35.2 Å². The summed E-state index contributed by atoms with van der Waals surface area (Å²) < 4.78 is 44.9. The zero-order valence-corrected chi connectivity index (χ0v) is 32.4. The van der Waals surface area contributed by atoms with Crippen molar-refractivity contribution in [3.63, 3.8) is 0 Å². The van der Waals surface area contributed by atoms with Gasteiger partial charge in [0.15, 0.2) is 5.03 Å². The van der Waals surface area contributed by atoms with E-state index in [0.29, 0.717) is 18.5 Å². The molecule has 1 aromatic carbocycles. The van der Waals surface area contributed by atoms with Crippen molar-refractivity contribution >= 4 is 116 Å². The van der Waals surface area contributed by atoms with Crippen molar-refractivity contribution in [1.82, 2.24) is 14.7 Å². The molecular weight excluding hydrogens is 760 g/mol. The molecule has 19 heteroatoms. The molecule has 3 heterocycles. The van der Waals surface area contributed by atoms with E-state index in [1.807, 2.05) is 25.7 Å². The lowest BCUT2D eigenvalue weighted by atomic mass is 9.92. The summed E-state index contributed by atoms with van der Waals surface area (Å²) in [4.78, 5) is 24.0. The first-order valence-corrected chi connectivity index (χ1v) is 18.3. The summed E-state index contributed by atoms with van der Waals surface area (Å²) in [6.07, 6.45) is 0.535. The quantitative estimate of drug-likeness (QED) is 0.105. The standard InChI is InChI=1S/C28H35FN6O4S8/c1-24(2)12-25(3,31)13-35(24)22-18(23(36)34-47(37,38)21-6-4-5-20(30)33-21)7-8-19(32-22)15-9-16(29)11-17(10-15)39-14-26(40,27(41,42)43)28(44,45)46/h4-11,40-46H,12-14,31H2,1-3H3,(H2,30,33)(H,34,36)/t25-/m1/s1. The molecule has 2 aromatic heterocycles. The summed E-state index contributed by atoms with van der Waals surface area (Å²) >= 11 is 30.9. The Morgan fingerprint density at radius 2 is 1.66 bits per heavy atom. The minimum atomic E-state index is -4.40. The van der Waals surface area contributed by atoms with Gasteiger partial charge in [0.25, 0.3) is 15.9 Å². The van der Waals surface area contributed by atoms with Crippen molar-refractivity contribution in [2.75, 3.05) is 23.8 Å². The van der Waals surface area contributed by atoms with Gasteiger partial charge >= 0.3 is 0 Å². The number of carbonyl (C=O) groups is 1. The number of ether oxygens (including phenoxy) is 1. The predicted molar refractivity (Wildman–Crippen MR) is 208 cm³/mol. The topological polar surface area (TPSA) is 154 Å². The minimum Gasteiger partial charge on any atom is -0.492 e. The number of nitrogens with two attached hydrogens (primary N) is 2. The number of hydrogen-bond donors (Lipinski definition) is 10. The lowest BCUT2D eigenvalue weighted by Gasteiger charge is -2.45. The molecule has 47 heavy (non-hydrogen) atoms. The third kappa shape index (κ3) is 8.53. The number of nitrogen functional groups attached to an aromatic ring is 1. The van der Waals surface area contributed by atoms with Crippen LogP contribution >= 0.6 is 88.4 Å². The highest BCUT2D eigenvalue weighted by Crippen LogP contribution is 2.54. The smallest absolute Gasteiger partial charge is 0.281 e. The Kier molecular flexibility index (Phi) is 11.0. The van der Waals surface area contributed by atoms with E-state index in [0.717, 1.165) is 6.07 Å². The van der Waals surface area contributed by atoms with Crippen LogP contribution in [0.2, 0.25) is 0 Å². The van der Waals surface area contributed by atoms with E-state index in [9.17, 15) is 13.2 Å². The van der Waals surface area contributed by atoms with Gasteiger partial charge in [-0.1, -0.05) is 6.07 Å². The lowest BCUT2D eigenvalue weighted by molar-refractivity contribution is 0.0981. The van der Waals surface area contributed by atoms with Crippen LogP contribution in [0.25, 0.3) is 11.3 Å². The molecule has 1 atom stereocenters. The molecule has 0 saturated carbocycles. The van der Waals surface area contributed by atoms with Crippen LogP contribution in [0.1, 0.15) is 37.6 Å². The second kappa shape index (κ2) is 13.4. The Morgan fingerprint density at radius 3 is 2.21 bits per heavy atom. The number of sulfonamides is 1. The van der Waals surface area contributed by atoms with Crippen LogP contribution in [-0.4, -0.2) is 60.1 Å². The Bertz CT molecular complexity index is 1780. The molecule has 0 bridgehead atoms. The molecule has 3 aromatic rings. The highest BCUT2D eigenvalue weighted by Gasteiger charge is 2.54. The van der Waals surface area contributed by atoms with E-state index in [4.69, 9.17) is 21.2 Å². The van der Waals surface area contributed by atoms with Gasteiger partial charge < -0.3 is 21.1 Å². The normalized spacial score (nSPS) is 18.7. The zero-order valence-electron chi connectivity index (χ0n) is 25.3. The maximum Gasteiger partial charge on any atom is 0.281 e. The largest absolute Gasteiger partial charge is 0.492 e. The Balaban J connectivity index is 1.77. The summed E-state index contributed by atoms with van der Waals surface area (Å²) in [5, 5.41) is -0.428. The molecule has 1 amide bonds. The molecule has 0 unspecified atom stereocenters. The number of aromatic nitrogens is 2. The van der Waals surface area contributed by atoms with Crippen molar-refractivity contribution in [3.8, 4) is 17.0 Å². The van der Waals surface area contributed by atoms with Crippen molar-refractivity contribution in [3.05, 3.63) is 59.9 Å². The fourth-order valence-corrected chi connectivity index (χ4v) is 8.47. The monoisotopic (exact) mass is 794 g/mol. The number of benzene rings is 1. The lowest BCUT2D eigenvalue weighted by Crippen LogP contribution is -2.53. The number of rotatable bonds is 10. The number of thiol groups is 7. The van der Waals surface area contributed by atoms with Gasteiger partial charge in [-0.2, -0.15) is 21.0 Å². The number of nitrogens with zero attached hydrogens (tertiary/aromatic N) is 3. The van der Waals surface area contributed by atoms with E-state index in [2.05, 4.69) is 98.1 Å². The molecule has 0 radical (unpaired) electrons. The van der Waals surface area contributed by atoms with Crippen LogP contribution in [-0.2, 0) is 10.0 Å². The summed E-state index contributed by atoms with van der Waals surface area (Å²) in [7, 11) is -4.40. The van der Waals surface area contributed by atoms with Gasteiger partial charge in [-0.15, -0.1) is 75.8 Å². The van der Waals surface area contributed by atoms with Crippen molar-refractivity contribution in [2.24, 2.45) is 5.73 Å². The Labute approximate surface area is 312 Å².